The van der Waals surface area contributed by atoms with E-state index in [9.17, 15) is 14.0 Å². The van der Waals surface area contributed by atoms with Crippen LogP contribution in [0.25, 0.3) is 0 Å². The SMILES string of the molecule is C[C@@H]1CN(Cc2ccc(F)cc2)CCN1C(=O)COc1ccc(Br)cc1CC(=O)O. The third-order valence-corrected chi connectivity index (χ3v) is 5.56. The molecular weight excluding hydrogens is 455 g/mol. The first-order valence-corrected chi connectivity index (χ1v) is 10.5. The van der Waals surface area contributed by atoms with Crippen LogP contribution in [0.2, 0.25) is 0 Å². The number of piperazine rings is 1. The molecule has 1 aliphatic heterocycles. The van der Waals surface area contributed by atoms with Gasteiger partial charge in [-0.15, -0.1) is 0 Å². The van der Waals surface area contributed by atoms with Gasteiger partial charge in [0.2, 0.25) is 0 Å². The zero-order valence-electron chi connectivity index (χ0n) is 16.7. The van der Waals surface area contributed by atoms with Gasteiger partial charge in [0.1, 0.15) is 11.6 Å². The predicted octanol–water partition coefficient (Wildman–Crippen LogP) is 3.33. The molecule has 30 heavy (non-hydrogen) atoms. The van der Waals surface area contributed by atoms with Crippen molar-refractivity contribution < 1.29 is 23.8 Å². The van der Waals surface area contributed by atoms with E-state index in [0.29, 0.717) is 30.9 Å². The van der Waals surface area contributed by atoms with Gasteiger partial charge in [-0.3, -0.25) is 14.5 Å². The highest BCUT2D eigenvalue weighted by Crippen LogP contribution is 2.24. The summed E-state index contributed by atoms with van der Waals surface area (Å²) in [5.41, 5.74) is 1.55. The fourth-order valence-electron chi connectivity index (χ4n) is 3.61. The number of ether oxygens (including phenoxy) is 1. The Morgan fingerprint density at radius 2 is 1.93 bits per heavy atom. The molecule has 1 saturated heterocycles. The van der Waals surface area contributed by atoms with Crippen LogP contribution in [-0.2, 0) is 22.6 Å². The molecule has 2 aromatic carbocycles. The number of carbonyl (C=O) groups is 2. The first-order chi connectivity index (χ1) is 14.3. The molecule has 0 bridgehead atoms. The average molecular weight is 479 g/mol. The highest BCUT2D eigenvalue weighted by atomic mass is 79.9. The zero-order valence-corrected chi connectivity index (χ0v) is 18.3. The molecule has 8 heteroatoms. The van der Waals surface area contributed by atoms with E-state index in [1.54, 1.807) is 35.2 Å². The number of hydrogen-bond donors (Lipinski definition) is 1. The maximum absolute atomic E-state index is 13.1. The normalized spacial score (nSPS) is 17.0. The summed E-state index contributed by atoms with van der Waals surface area (Å²) < 4.78 is 19.5. The van der Waals surface area contributed by atoms with Gasteiger partial charge in [0.15, 0.2) is 6.61 Å². The number of carboxylic acids is 1. The molecule has 6 nitrogen and oxygen atoms in total. The molecule has 0 unspecified atom stereocenters. The number of rotatable bonds is 7. The largest absolute Gasteiger partial charge is 0.483 e. The van der Waals surface area contributed by atoms with E-state index < -0.39 is 5.97 Å². The number of amides is 1. The molecule has 1 aliphatic rings. The van der Waals surface area contributed by atoms with Crippen molar-refractivity contribution >= 4 is 27.8 Å². The summed E-state index contributed by atoms with van der Waals surface area (Å²) in [5, 5.41) is 9.07. The van der Waals surface area contributed by atoms with E-state index in [0.717, 1.165) is 16.6 Å². The molecule has 1 amide bonds. The van der Waals surface area contributed by atoms with E-state index in [-0.39, 0.29) is 30.8 Å². The second-order valence-electron chi connectivity index (χ2n) is 7.41. The fourth-order valence-corrected chi connectivity index (χ4v) is 4.02. The number of halogens is 2. The molecule has 0 saturated carbocycles. The van der Waals surface area contributed by atoms with Gasteiger partial charge in [0.25, 0.3) is 5.91 Å². The Kier molecular flexibility index (Phi) is 7.44. The molecule has 1 N–H and O–H groups in total. The van der Waals surface area contributed by atoms with Crippen molar-refractivity contribution in [2.45, 2.75) is 25.9 Å². The van der Waals surface area contributed by atoms with Crippen molar-refractivity contribution in [3.05, 3.63) is 63.9 Å². The van der Waals surface area contributed by atoms with Crippen molar-refractivity contribution in [1.82, 2.24) is 9.80 Å². The Labute approximate surface area is 183 Å². The lowest BCUT2D eigenvalue weighted by molar-refractivity contribution is -0.138. The summed E-state index contributed by atoms with van der Waals surface area (Å²) in [6, 6.07) is 11.6. The summed E-state index contributed by atoms with van der Waals surface area (Å²) in [7, 11) is 0. The summed E-state index contributed by atoms with van der Waals surface area (Å²) in [6.45, 7) is 4.57. The lowest BCUT2D eigenvalue weighted by Crippen LogP contribution is -2.54. The van der Waals surface area contributed by atoms with Crippen LogP contribution < -0.4 is 4.74 Å². The smallest absolute Gasteiger partial charge is 0.307 e. The van der Waals surface area contributed by atoms with Crippen molar-refractivity contribution in [3.8, 4) is 5.75 Å². The quantitative estimate of drug-likeness (QED) is 0.660. The number of carbonyl (C=O) groups excluding carboxylic acids is 1. The maximum Gasteiger partial charge on any atom is 0.307 e. The minimum absolute atomic E-state index is 0.0127. The molecule has 1 fully saturated rings. The van der Waals surface area contributed by atoms with Crippen LogP contribution in [0.4, 0.5) is 4.39 Å². The third-order valence-electron chi connectivity index (χ3n) is 5.07. The highest BCUT2D eigenvalue weighted by Gasteiger charge is 2.27. The Hall–Kier alpha value is -2.45. The number of nitrogens with zero attached hydrogens (tertiary/aromatic N) is 2. The first kappa shape index (κ1) is 22.2. The van der Waals surface area contributed by atoms with E-state index in [2.05, 4.69) is 20.8 Å². The van der Waals surface area contributed by atoms with Gasteiger partial charge >= 0.3 is 5.97 Å². The van der Waals surface area contributed by atoms with Crippen LogP contribution in [-0.4, -0.2) is 59.1 Å². The van der Waals surface area contributed by atoms with Gasteiger partial charge in [-0.1, -0.05) is 28.1 Å². The fraction of sp³-hybridized carbons (Fsp3) is 0.364. The molecule has 160 valence electrons. The Morgan fingerprint density at radius 3 is 2.60 bits per heavy atom. The zero-order chi connectivity index (χ0) is 21.7. The minimum Gasteiger partial charge on any atom is -0.483 e. The van der Waals surface area contributed by atoms with E-state index in [1.807, 2.05) is 6.92 Å². The molecule has 1 atom stereocenters. The molecule has 0 radical (unpaired) electrons. The summed E-state index contributed by atoms with van der Waals surface area (Å²) >= 11 is 3.32. The number of hydrogen-bond acceptors (Lipinski definition) is 4. The van der Waals surface area contributed by atoms with Crippen molar-refractivity contribution in [2.75, 3.05) is 26.2 Å². The molecular formula is C22H24BrFN2O4. The Bertz CT molecular complexity index is 907. The number of benzene rings is 2. The maximum atomic E-state index is 13.1. The standard InChI is InChI=1S/C22H24BrFN2O4/c1-15-12-25(13-16-2-5-19(24)6-3-16)8-9-26(15)21(27)14-30-20-7-4-18(23)10-17(20)11-22(28)29/h2-7,10,15H,8-9,11-14H2,1H3,(H,28,29)/t15-/m1/s1. The van der Waals surface area contributed by atoms with Crippen LogP contribution in [0.3, 0.4) is 0 Å². The highest BCUT2D eigenvalue weighted by molar-refractivity contribution is 9.10. The van der Waals surface area contributed by atoms with Crippen molar-refractivity contribution in [1.29, 1.82) is 0 Å². The number of carboxylic acid groups (broad SMARTS) is 1. The van der Waals surface area contributed by atoms with Gasteiger partial charge in [-0.25, -0.2) is 4.39 Å². The van der Waals surface area contributed by atoms with Gasteiger partial charge < -0.3 is 14.7 Å². The molecule has 0 aliphatic carbocycles. The lowest BCUT2D eigenvalue weighted by Gasteiger charge is -2.39. The lowest BCUT2D eigenvalue weighted by atomic mass is 10.1. The summed E-state index contributed by atoms with van der Waals surface area (Å²) in [5.74, 6) is -0.945. The van der Waals surface area contributed by atoms with E-state index >= 15 is 0 Å². The molecule has 2 aromatic rings. The first-order valence-electron chi connectivity index (χ1n) is 9.71. The minimum atomic E-state index is -0.963. The second kappa shape index (κ2) is 10.0. The molecule has 0 spiro atoms. The van der Waals surface area contributed by atoms with Crippen LogP contribution in [0.1, 0.15) is 18.1 Å². The van der Waals surface area contributed by atoms with Gasteiger partial charge in [0.05, 0.1) is 6.42 Å². The second-order valence-corrected chi connectivity index (χ2v) is 8.32. The van der Waals surface area contributed by atoms with Crippen molar-refractivity contribution in [2.24, 2.45) is 0 Å². The number of aliphatic carboxylic acids is 1. The van der Waals surface area contributed by atoms with Gasteiger partial charge in [-0.05, 0) is 42.8 Å². The summed E-state index contributed by atoms with van der Waals surface area (Å²) in [4.78, 5) is 27.8. The van der Waals surface area contributed by atoms with E-state index in [1.165, 1.54) is 12.1 Å². The predicted molar refractivity (Wildman–Crippen MR) is 114 cm³/mol. The van der Waals surface area contributed by atoms with Crippen LogP contribution in [0.5, 0.6) is 5.75 Å². The molecule has 1 heterocycles. The van der Waals surface area contributed by atoms with Crippen LogP contribution >= 0.6 is 15.9 Å². The van der Waals surface area contributed by atoms with Gasteiger partial charge in [0, 0.05) is 42.3 Å². The molecule has 3 rings (SSSR count). The Morgan fingerprint density at radius 1 is 1.20 bits per heavy atom. The third kappa shape index (κ3) is 6.03. The topological polar surface area (TPSA) is 70.1 Å². The van der Waals surface area contributed by atoms with Crippen LogP contribution in [0.15, 0.2) is 46.9 Å². The van der Waals surface area contributed by atoms with Crippen molar-refractivity contribution in [3.63, 3.8) is 0 Å². The molecule has 0 aromatic heterocycles. The Balaban J connectivity index is 1.54. The van der Waals surface area contributed by atoms with E-state index in [4.69, 9.17) is 9.84 Å². The van der Waals surface area contributed by atoms with Gasteiger partial charge in [-0.2, -0.15) is 0 Å². The average Bonchev–Trinajstić information content (AvgIpc) is 2.68. The summed E-state index contributed by atoms with van der Waals surface area (Å²) in [6.07, 6.45) is -0.179. The van der Waals surface area contributed by atoms with Crippen LogP contribution in [0, 0.1) is 5.82 Å². The monoisotopic (exact) mass is 478 g/mol.